The number of aliphatic hydroxyl groups is 2. The zero-order chi connectivity index (χ0) is 20.0. The SMILES string of the molecule is CC(C)(C)[Si](C)(C)O[C@H]1C[C@@H](n2cnc3c(=O)[nH]cnc32)OC1(CO)CO. The van der Waals surface area contributed by atoms with Crippen LogP contribution < -0.4 is 5.56 Å². The highest BCUT2D eigenvalue weighted by Crippen LogP contribution is 2.44. The van der Waals surface area contributed by atoms with Gasteiger partial charge in [0.25, 0.3) is 5.56 Å². The van der Waals surface area contributed by atoms with Crippen LogP contribution in [0.3, 0.4) is 0 Å². The Morgan fingerprint density at radius 1 is 1.37 bits per heavy atom. The maximum atomic E-state index is 11.9. The van der Waals surface area contributed by atoms with Gasteiger partial charge < -0.3 is 24.4 Å². The molecule has 2 aromatic rings. The van der Waals surface area contributed by atoms with Crippen LogP contribution in [0.5, 0.6) is 0 Å². The first-order chi connectivity index (χ1) is 12.5. The molecule has 0 bridgehead atoms. The van der Waals surface area contributed by atoms with Crippen LogP contribution in [0.2, 0.25) is 18.1 Å². The van der Waals surface area contributed by atoms with E-state index in [1.165, 1.54) is 12.7 Å². The molecule has 150 valence electrons. The average molecular weight is 397 g/mol. The quantitative estimate of drug-likeness (QED) is 0.648. The number of nitrogens with zero attached hydrogens (tertiary/aromatic N) is 3. The zero-order valence-corrected chi connectivity index (χ0v) is 17.4. The van der Waals surface area contributed by atoms with E-state index in [1.807, 2.05) is 0 Å². The number of H-pyrrole nitrogens is 1. The third-order valence-corrected chi connectivity index (χ3v) is 10.3. The highest BCUT2D eigenvalue weighted by atomic mass is 28.4. The molecule has 0 saturated carbocycles. The second kappa shape index (κ2) is 6.78. The van der Waals surface area contributed by atoms with Crippen LogP contribution in [0.4, 0.5) is 0 Å². The van der Waals surface area contributed by atoms with Gasteiger partial charge in [-0.25, -0.2) is 9.97 Å². The number of ether oxygens (including phenoxy) is 1. The Bertz CT molecular complexity index is 868. The summed E-state index contributed by atoms with van der Waals surface area (Å²) in [5, 5.41) is 20.0. The van der Waals surface area contributed by atoms with E-state index in [4.69, 9.17) is 9.16 Å². The molecule has 1 fully saturated rings. The predicted octanol–water partition coefficient (Wildman–Crippen LogP) is 1.15. The predicted molar refractivity (Wildman–Crippen MR) is 102 cm³/mol. The molecule has 3 N–H and O–H groups in total. The highest BCUT2D eigenvalue weighted by molar-refractivity contribution is 6.74. The number of hydrogen-bond acceptors (Lipinski definition) is 7. The van der Waals surface area contributed by atoms with Gasteiger partial charge in [-0.05, 0) is 18.1 Å². The molecule has 3 heterocycles. The second-order valence-corrected chi connectivity index (χ2v) is 13.4. The minimum Gasteiger partial charge on any atom is -0.411 e. The molecule has 0 unspecified atom stereocenters. The van der Waals surface area contributed by atoms with Crippen molar-refractivity contribution in [2.75, 3.05) is 13.2 Å². The summed E-state index contributed by atoms with van der Waals surface area (Å²) in [6, 6.07) is 0. The number of aromatic amines is 1. The zero-order valence-electron chi connectivity index (χ0n) is 16.4. The van der Waals surface area contributed by atoms with Crippen LogP contribution in [0.25, 0.3) is 11.2 Å². The molecule has 27 heavy (non-hydrogen) atoms. The van der Waals surface area contributed by atoms with E-state index in [2.05, 4.69) is 48.8 Å². The van der Waals surface area contributed by atoms with Gasteiger partial charge in [0, 0.05) is 6.42 Å². The van der Waals surface area contributed by atoms with Crippen molar-refractivity contribution in [3.63, 3.8) is 0 Å². The fraction of sp³-hybridized carbons (Fsp3) is 0.706. The van der Waals surface area contributed by atoms with E-state index >= 15 is 0 Å². The summed E-state index contributed by atoms with van der Waals surface area (Å²) in [7, 11) is -2.17. The third kappa shape index (κ3) is 3.36. The van der Waals surface area contributed by atoms with Crippen molar-refractivity contribution in [3.8, 4) is 0 Å². The van der Waals surface area contributed by atoms with E-state index < -0.39 is 26.3 Å². The molecule has 0 aromatic carbocycles. The molecule has 2 aromatic heterocycles. The molecule has 0 radical (unpaired) electrons. The van der Waals surface area contributed by atoms with Gasteiger partial charge >= 0.3 is 0 Å². The Morgan fingerprint density at radius 2 is 2.04 bits per heavy atom. The Labute approximate surface area is 158 Å². The molecule has 1 saturated heterocycles. The van der Waals surface area contributed by atoms with Gasteiger partial charge in [0.1, 0.15) is 11.8 Å². The lowest BCUT2D eigenvalue weighted by Gasteiger charge is -2.42. The number of hydrogen-bond donors (Lipinski definition) is 3. The molecule has 1 aliphatic heterocycles. The topological polar surface area (TPSA) is 122 Å². The summed E-state index contributed by atoms with van der Waals surface area (Å²) < 4.78 is 14.2. The number of rotatable bonds is 5. The van der Waals surface area contributed by atoms with Gasteiger partial charge in [0.15, 0.2) is 19.5 Å². The van der Waals surface area contributed by atoms with Crippen LogP contribution in [0.1, 0.15) is 33.4 Å². The third-order valence-electron chi connectivity index (χ3n) is 5.83. The first-order valence-corrected chi connectivity index (χ1v) is 11.9. The lowest BCUT2D eigenvalue weighted by atomic mass is 9.99. The summed E-state index contributed by atoms with van der Waals surface area (Å²) in [5.41, 5.74) is -0.950. The largest absolute Gasteiger partial charge is 0.411 e. The second-order valence-electron chi connectivity index (χ2n) is 8.61. The van der Waals surface area contributed by atoms with Crippen molar-refractivity contribution in [1.82, 2.24) is 19.5 Å². The van der Waals surface area contributed by atoms with Gasteiger partial charge in [0.05, 0.1) is 32.0 Å². The Hall–Kier alpha value is -1.59. The van der Waals surface area contributed by atoms with E-state index in [1.54, 1.807) is 4.57 Å². The van der Waals surface area contributed by atoms with Crippen LogP contribution in [-0.4, -0.2) is 63.0 Å². The molecule has 0 amide bonds. The molecule has 0 aliphatic carbocycles. The standard InChI is InChI=1S/C17H28N4O5Si/c1-16(2,3)27(4,5)26-11-6-12(25-17(11,7-22)8-23)21-10-20-13-14(21)18-9-19-15(13)24/h9-12,22-23H,6-8H2,1-5H3,(H,18,19,24)/t11-,12-/m0/s1. The normalized spacial score (nSPS) is 23.2. The number of nitrogens with one attached hydrogen (secondary N) is 1. The highest BCUT2D eigenvalue weighted by Gasteiger charge is 2.53. The van der Waals surface area contributed by atoms with Gasteiger partial charge in [-0.1, -0.05) is 20.8 Å². The molecular formula is C17H28N4O5Si. The molecule has 10 heteroatoms. The fourth-order valence-electron chi connectivity index (χ4n) is 3.05. The average Bonchev–Trinajstić information content (AvgIpc) is 3.16. The van der Waals surface area contributed by atoms with Crippen molar-refractivity contribution in [2.45, 2.75) is 63.3 Å². The minimum absolute atomic E-state index is 0.0295. The number of fused-ring (bicyclic) bond motifs is 1. The Morgan fingerprint density at radius 3 is 2.63 bits per heavy atom. The fourth-order valence-corrected chi connectivity index (χ4v) is 4.43. The molecular weight excluding hydrogens is 368 g/mol. The van der Waals surface area contributed by atoms with Crippen molar-refractivity contribution in [3.05, 3.63) is 23.0 Å². The molecule has 2 atom stereocenters. The summed E-state index contributed by atoms with van der Waals surface area (Å²) in [4.78, 5) is 22.7. The maximum Gasteiger partial charge on any atom is 0.278 e. The number of aromatic nitrogens is 4. The summed E-state index contributed by atoms with van der Waals surface area (Å²) >= 11 is 0. The monoisotopic (exact) mass is 396 g/mol. The summed E-state index contributed by atoms with van der Waals surface area (Å²) in [5.74, 6) is 0. The first-order valence-electron chi connectivity index (χ1n) is 9.02. The lowest BCUT2D eigenvalue weighted by molar-refractivity contribution is -0.146. The van der Waals surface area contributed by atoms with Crippen LogP contribution in [0, 0.1) is 0 Å². The van der Waals surface area contributed by atoms with E-state index in [9.17, 15) is 15.0 Å². The molecule has 1 aliphatic rings. The van der Waals surface area contributed by atoms with E-state index in [0.29, 0.717) is 12.1 Å². The Kier molecular flexibility index (Phi) is 5.06. The van der Waals surface area contributed by atoms with Crippen LogP contribution in [-0.2, 0) is 9.16 Å². The van der Waals surface area contributed by atoms with Gasteiger partial charge in [0.2, 0.25) is 0 Å². The Balaban J connectivity index is 1.96. The van der Waals surface area contributed by atoms with Gasteiger partial charge in [-0.2, -0.15) is 0 Å². The van der Waals surface area contributed by atoms with Crippen LogP contribution in [0.15, 0.2) is 17.4 Å². The smallest absolute Gasteiger partial charge is 0.278 e. The first kappa shape index (κ1) is 20.1. The molecule has 9 nitrogen and oxygen atoms in total. The van der Waals surface area contributed by atoms with Crippen molar-refractivity contribution in [2.24, 2.45) is 0 Å². The van der Waals surface area contributed by atoms with Crippen molar-refractivity contribution in [1.29, 1.82) is 0 Å². The van der Waals surface area contributed by atoms with Crippen LogP contribution >= 0.6 is 0 Å². The van der Waals surface area contributed by atoms with E-state index in [0.717, 1.165) is 0 Å². The molecule has 3 rings (SSSR count). The van der Waals surface area contributed by atoms with Crippen molar-refractivity contribution < 1.29 is 19.4 Å². The van der Waals surface area contributed by atoms with Gasteiger partial charge in [-0.3, -0.25) is 9.36 Å². The number of aliphatic hydroxyl groups excluding tert-OH is 2. The lowest BCUT2D eigenvalue weighted by Crippen LogP contribution is -2.54. The summed E-state index contributed by atoms with van der Waals surface area (Å²) in [6.07, 6.45) is 2.17. The van der Waals surface area contributed by atoms with Crippen molar-refractivity contribution >= 4 is 19.5 Å². The minimum atomic E-state index is -2.17. The van der Waals surface area contributed by atoms with E-state index in [-0.39, 0.29) is 29.3 Å². The molecule has 0 spiro atoms. The van der Waals surface area contributed by atoms with Gasteiger partial charge in [-0.15, -0.1) is 0 Å². The number of imidazole rings is 1. The maximum absolute atomic E-state index is 11.9. The summed E-state index contributed by atoms with van der Waals surface area (Å²) in [6.45, 7) is 9.88.